The molecule has 0 spiro atoms. The van der Waals surface area contributed by atoms with Crippen LogP contribution >= 0.6 is 11.8 Å². The van der Waals surface area contributed by atoms with Gasteiger partial charge in [0.1, 0.15) is 0 Å². The molecular weight excluding hydrogens is 278 g/mol. The first-order valence-electron chi connectivity index (χ1n) is 7.24. The first-order chi connectivity index (χ1) is 10.4. The second kappa shape index (κ2) is 5.58. The summed E-state index contributed by atoms with van der Waals surface area (Å²) in [7, 11) is 0. The predicted molar refractivity (Wildman–Crippen MR) is 89.8 cm³/mol. The van der Waals surface area contributed by atoms with E-state index in [-0.39, 0.29) is 0 Å². The van der Waals surface area contributed by atoms with E-state index in [4.69, 9.17) is 4.84 Å². The number of hydrogen-bond acceptors (Lipinski definition) is 3. The summed E-state index contributed by atoms with van der Waals surface area (Å²) < 4.78 is 0. The van der Waals surface area contributed by atoms with Crippen molar-refractivity contribution in [1.29, 1.82) is 0 Å². The largest absolute Gasteiger partial charge is 0.405 e. The minimum absolute atomic E-state index is 0.810. The fraction of sp³-hybridized carbons (Fsp3) is 0.222. The van der Waals surface area contributed by atoms with Crippen LogP contribution in [-0.2, 0) is 0 Å². The van der Waals surface area contributed by atoms with Crippen LogP contribution in [0.1, 0.15) is 0 Å². The van der Waals surface area contributed by atoms with Gasteiger partial charge in [0, 0.05) is 30.7 Å². The summed E-state index contributed by atoms with van der Waals surface area (Å²) in [6.45, 7) is 1.96. The average Bonchev–Trinajstić information content (AvgIpc) is 2.54. The molecule has 3 aromatic rings. The van der Waals surface area contributed by atoms with E-state index in [0.29, 0.717) is 0 Å². The lowest BCUT2D eigenvalue weighted by atomic mass is 10.0. The molecular formula is C18H16NOS. The number of rotatable bonds is 2. The van der Waals surface area contributed by atoms with Crippen molar-refractivity contribution in [2.75, 3.05) is 24.6 Å². The lowest BCUT2D eigenvalue weighted by Gasteiger charge is -2.25. The number of benzene rings is 3. The fourth-order valence-corrected chi connectivity index (χ4v) is 3.54. The lowest BCUT2D eigenvalue weighted by molar-refractivity contribution is -0.0490. The Hall–Kier alpha value is -1.71. The van der Waals surface area contributed by atoms with Crippen molar-refractivity contribution in [1.82, 2.24) is 5.06 Å². The van der Waals surface area contributed by atoms with Crippen LogP contribution in [0.5, 0.6) is 5.75 Å². The van der Waals surface area contributed by atoms with E-state index in [2.05, 4.69) is 48.5 Å². The van der Waals surface area contributed by atoms with Gasteiger partial charge in [0.15, 0.2) is 5.75 Å². The summed E-state index contributed by atoms with van der Waals surface area (Å²) >= 11 is 1.98. The molecule has 3 aromatic carbocycles. The second-order valence-electron chi connectivity index (χ2n) is 5.24. The molecule has 1 fully saturated rings. The van der Waals surface area contributed by atoms with E-state index < -0.39 is 0 Å². The zero-order valence-corrected chi connectivity index (χ0v) is 12.5. The summed E-state index contributed by atoms with van der Waals surface area (Å²) in [6.07, 6.45) is 0. The quantitative estimate of drug-likeness (QED) is 0.659. The van der Waals surface area contributed by atoms with Crippen LogP contribution in [-0.4, -0.2) is 29.7 Å². The molecule has 1 aliphatic rings. The second-order valence-corrected chi connectivity index (χ2v) is 6.47. The van der Waals surface area contributed by atoms with Gasteiger partial charge in [-0.1, -0.05) is 30.3 Å². The van der Waals surface area contributed by atoms with E-state index >= 15 is 0 Å². The van der Waals surface area contributed by atoms with Crippen LogP contribution in [0.15, 0.2) is 48.5 Å². The van der Waals surface area contributed by atoms with Gasteiger partial charge in [0.05, 0.1) is 0 Å². The standard InChI is InChI=1S/C18H16NOS/c1-2-4-15-12-17-13-18(20-19-7-9-21-10-8-19)6-5-16(17)11-14(15)3-1/h1-6,11-12H,7-10H2. The van der Waals surface area contributed by atoms with Crippen molar-refractivity contribution in [2.45, 2.75) is 0 Å². The molecule has 1 heterocycles. The van der Waals surface area contributed by atoms with Gasteiger partial charge >= 0.3 is 0 Å². The smallest absolute Gasteiger partial charge is 0.156 e. The topological polar surface area (TPSA) is 12.5 Å². The summed E-state index contributed by atoms with van der Waals surface area (Å²) in [5.74, 6) is 3.08. The van der Waals surface area contributed by atoms with Gasteiger partial charge in [-0.05, 0) is 39.7 Å². The molecule has 4 rings (SSSR count). The number of hydrogen-bond donors (Lipinski definition) is 0. The molecule has 0 aromatic heterocycles. The van der Waals surface area contributed by atoms with Gasteiger partial charge in [0.2, 0.25) is 0 Å². The van der Waals surface area contributed by atoms with Crippen LogP contribution in [0.2, 0.25) is 0 Å². The predicted octanol–water partition coefficient (Wildman–Crippen LogP) is 4.14. The van der Waals surface area contributed by atoms with E-state index in [1.807, 2.05) is 22.9 Å². The van der Waals surface area contributed by atoms with Crippen LogP contribution < -0.4 is 4.84 Å². The first kappa shape index (κ1) is 13.0. The Bertz CT molecular complexity index is 780. The highest BCUT2D eigenvalue weighted by molar-refractivity contribution is 7.99. The van der Waals surface area contributed by atoms with Crippen LogP contribution in [0.3, 0.4) is 0 Å². The normalized spacial score (nSPS) is 16.4. The third-order valence-electron chi connectivity index (χ3n) is 3.79. The summed E-state index contributed by atoms with van der Waals surface area (Å²) in [5.41, 5.74) is 0. The van der Waals surface area contributed by atoms with Crippen molar-refractivity contribution in [2.24, 2.45) is 0 Å². The maximum Gasteiger partial charge on any atom is 0.156 e. The van der Waals surface area contributed by atoms with Crippen molar-refractivity contribution < 1.29 is 4.84 Å². The number of nitrogens with zero attached hydrogens (tertiary/aromatic N) is 1. The summed E-state index contributed by atoms with van der Waals surface area (Å²) in [4.78, 5) is 5.94. The molecule has 105 valence electrons. The Morgan fingerprint density at radius 3 is 2.48 bits per heavy atom. The molecule has 0 atom stereocenters. The minimum Gasteiger partial charge on any atom is -0.405 e. The zero-order chi connectivity index (χ0) is 14.1. The molecule has 0 unspecified atom stereocenters. The molecule has 1 aliphatic heterocycles. The van der Waals surface area contributed by atoms with Gasteiger partial charge in [-0.3, -0.25) is 0 Å². The van der Waals surface area contributed by atoms with Gasteiger partial charge in [-0.25, -0.2) is 0 Å². The molecule has 21 heavy (non-hydrogen) atoms. The van der Waals surface area contributed by atoms with Gasteiger partial charge in [-0.15, -0.1) is 5.06 Å². The molecule has 0 bridgehead atoms. The highest BCUT2D eigenvalue weighted by Crippen LogP contribution is 2.26. The SMILES string of the molecule is [c]1c(ON2CCSCC2)ccc2cc3ccccc3cc12. The Kier molecular flexibility index (Phi) is 3.45. The van der Waals surface area contributed by atoms with E-state index in [1.165, 1.54) is 16.2 Å². The van der Waals surface area contributed by atoms with Gasteiger partial charge in [0.25, 0.3) is 0 Å². The van der Waals surface area contributed by atoms with Crippen molar-refractivity contribution >= 4 is 33.3 Å². The lowest BCUT2D eigenvalue weighted by Crippen LogP contribution is -2.35. The van der Waals surface area contributed by atoms with E-state index in [0.717, 1.165) is 35.7 Å². The Morgan fingerprint density at radius 1 is 0.905 bits per heavy atom. The monoisotopic (exact) mass is 294 g/mol. The molecule has 0 N–H and O–H groups in total. The number of hydroxylamine groups is 2. The molecule has 3 heteroatoms. The van der Waals surface area contributed by atoms with Crippen LogP contribution in [0.4, 0.5) is 0 Å². The summed E-state index contributed by atoms with van der Waals surface area (Å²) in [6, 6.07) is 20.3. The molecule has 2 nitrogen and oxygen atoms in total. The van der Waals surface area contributed by atoms with Crippen molar-refractivity contribution in [3.63, 3.8) is 0 Å². The van der Waals surface area contributed by atoms with Crippen molar-refractivity contribution in [3.05, 3.63) is 54.6 Å². The van der Waals surface area contributed by atoms with E-state index in [1.54, 1.807) is 0 Å². The maximum absolute atomic E-state index is 5.94. The molecule has 0 saturated carbocycles. The fourth-order valence-electron chi connectivity index (χ4n) is 2.67. The maximum atomic E-state index is 5.94. The Balaban J connectivity index is 1.69. The van der Waals surface area contributed by atoms with Gasteiger partial charge < -0.3 is 4.84 Å². The Morgan fingerprint density at radius 2 is 1.67 bits per heavy atom. The highest BCUT2D eigenvalue weighted by Gasteiger charge is 2.12. The summed E-state index contributed by atoms with van der Waals surface area (Å²) in [5, 5.41) is 6.86. The molecule has 1 saturated heterocycles. The first-order valence-corrected chi connectivity index (χ1v) is 8.39. The minimum atomic E-state index is 0.810. The third-order valence-corrected chi connectivity index (χ3v) is 4.73. The van der Waals surface area contributed by atoms with Crippen LogP contribution in [0, 0.1) is 6.07 Å². The van der Waals surface area contributed by atoms with E-state index in [9.17, 15) is 0 Å². The molecule has 0 aliphatic carbocycles. The molecule has 0 amide bonds. The van der Waals surface area contributed by atoms with Gasteiger partial charge in [-0.2, -0.15) is 11.8 Å². The average molecular weight is 294 g/mol. The van der Waals surface area contributed by atoms with Crippen molar-refractivity contribution in [3.8, 4) is 5.75 Å². The zero-order valence-electron chi connectivity index (χ0n) is 11.7. The number of fused-ring (bicyclic) bond motifs is 2. The van der Waals surface area contributed by atoms with Crippen LogP contribution in [0.25, 0.3) is 21.5 Å². The third kappa shape index (κ3) is 2.71. The molecule has 1 radical (unpaired) electrons. The Labute approximate surface area is 128 Å². The number of thioether (sulfide) groups is 1. The highest BCUT2D eigenvalue weighted by atomic mass is 32.2.